The van der Waals surface area contributed by atoms with Crippen molar-refractivity contribution in [2.45, 2.75) is 18.8 Å². The number of benzene rings is 1. The summed E-state index contributed by atoms with van der Waals surface area (Å²) in [6, 6.07) is 8.49. The van der Waals surface area contributed by atoms with Crippen LogP contribution in [-0.4, -0.2) is 24.5 Å². The first-order valence-electron chi connectivity index (χ1n) is 5.54. The van der Waals surface area contributed by atoms with E-state index in [1.54, 1.807) is 0 Å². The molecule has 3 nitrogen and oxygen atoms in total. The molecule has 1 aromatic carbocycles. The first-order chi connectivity index (χ1) is 7.38. The monoisotopic (exact) mass is 184 g/mol. The summed E-state index contributed by atoms with van der Waals surface area (Å²) in [7, 11) is -2.63. The lowest BCUT2D eigenvalue weighted by atomic mass is 10.1. The summed E-state index contributed by atoms with van der Waals surface area (Å²) in [4.78, 5) is 0. The third-order valence-electron chi connectivity index (χ3n) is 1.80. The van der Waals surface area contributed by atoms with Gasteiger partial charge in [-0.15, -0.1) is 0 Å². The Labute approximate surface area is 82.4 Å². The van der Waals surface area contributed by atoms with E-state index < -0.39 is 19.4 Å². The van der Waals surface area contributed by atoms with E-state index in [2.05, 4.69) is 4.74 Å². The Balaban J connectivity index is 2.49. The van der Waals surface area contributed by atoms with E-state index in [0.717, 1.165) is 5.56 Å². The predicted molar refractivity (Wildman–Crippen MR) is 51.1 cm³/mol. The number of aliphatic hydroxyl groups is 1. The van der Waals surface area contributed by atoms with Crippen molar-refractivity contribution in [3.05, 3.63) is 35.9 Å². The standard InChI is InChI=1S/C10H15NO2/c1-13-10(12)9(11)7-8-5-3-2-4-6-8/h2-6,9-10,12H,7,11H2,1H3/t9-,10?/m0/s1/i1D3. The van der Waals surface area contributed by atoms with Crippen molar-refractivity contribution in [1.29, 1.82) is 0 Å². The molecule has 1 unspecified atom stereocenters. The summed E-state index contributed by atoms with van der Waals surface area (Å²) < 4.78 is 24.9. The fourth-order valence-electron chi connectivity index (χ4n) is 1.07. The van der Waals surface area contributed by atoms with Gasteiger partial charge in [-0.2, -0.15) is 0 Å². The molecule has 0 saturated heterocycles. The molecule has 0 aromatic heterocycles. The fourth-order valence-corrected chi connectivity index (χ4v) is 1.07. The first-order valence-corrected chi connectivity index (χ1v) is 4.04. The van der Waals surface area contributed by atoms with Gasteiger partial charge in [-0.05, 0) is 12.0 Å². The molecule has 2 atom stereocenters. The lowest BCUT2D eigenvalue weighted by molar-refractivity contribution is -0.0890. The van der Waals surface area contributed by atoms with Crippen LogP contribution in [0.1, 0.15) is 9.68 Å². The highest BCUT2D eigenvalue weighted by Gasteiger charge is 2.13. The second-order valence-electron chi connectivity index (χ2n) is 2.86. The normalized spacial score (nSPS) is 19.7. The van der Waals surface area contributed by atoms with Gasteiger partial charge in [-0.3, -0.25) is 0 Å². The van der Waals surface area contributed by atoms with Crippen LogP contribution in [0.3, 0.4) is 0 Å². The maximum absolute atomic E-state index is 9.41. The fraction of sp³-hybridized carbons (Fsp3) is 0.400. The average molecular weight is 184 g/mol. The van der Waals surface area contributed by atoms with Crippen molar-refractivity contribution in [2.75, 3.05) is 7.04 Å². The molecule has 0 radical (unpaired) electrons. The number of methoxy groups -OCH3 is 1. The highest BCUT2D eigenvalue weighted by Crippen LogP contribution is 2.04. The van der Waals surface area contributed by atoms with E-state index in [1.165, 1.54) is 0 Å². The minimum atomic E-state index is -2.63. The van der Waals surface area contributed by atoms with Gasteiger partial charge < -0.3 is 15.6 Å². The predicted octanol–water partition coefficient (Wildman–Crippen LogP) is 0.521. The SMILES string of the molecule is [2H]C([2H])([2H])OC(O)[C@@H](N)Cc1ccccc1. The van der Waals surface area contributed by atoms with Gasteiger partial charge in [0.05, 0.1) is 10.2 Å². The van der Waals surface area contributed by atoms with E-state index in [0.29, 0.717) is 6.42 Å². The molecule has 1 aromatic rings. The molecule has 3 heteroatoms. The zero-order valence-corrected chi connectivity index (χ0v) is 7.18. The summed E-state index contributed by atoms with van der Waals surface area (Å²) in [5.74, 6) is 0. The Morgan fingerprint density at radius 3 is 2.85 bits per heavy atom. The van der Waals surface area contributed by atoms with Crippen molar-refractivity contribution in [2.24, 2.45) is 5.73 Å². The van der Waals surface area contributed by atoms with Crippen molar-refractivity contribution in [3.8, 4) is 0 Å². The van der Waals surface area contributed by atoms with Crippen molar-refractivity contribution < 1.29 is 14.0 Å². The second kappa shape index (κ2) is 4.97. The van der Waals surface area contributed by atoms with Crippen LogP contribution in [0.25, 0.3) is 0 Å². The highest BCUT2D eigenvalue weighted by molar-refractivity contribution is 5.15. The number of nitrogens with two attached hydrogens (primary N) is 1. The molecule has 0 saturated carbocycles. The third-order valence-corrected chi connectivity index (χ3v) is 1.80. The molecule has 72 valence electrons. The second-order valence-corrected chi connectivity index (χ2v) is 2.86. The summed E-state index contributed by atoms with van der Waals surface area (Å²) in [5, 5.41) is 9.41. The van der Waals surface area contributed by atoms with E-state index in [4.69, 9.17) is 9.85 Å². The quantitative estimate of drug-likeness (QED) is 0.671. The summed E-state index contributed by atoms with van der Waals surface area (Å²) in [5.41, 5.74) is 6.55. The van der Waals surface area contributed by atoms with Crippen molar-refractivity contribution >= 4 is 0 Å². The van der Waals surface area contributed by atoms with Gasteiger partial charge in [0.15, 0.2) is 6.29 Å². The molecule has 0 aliphatic heterocycles. The number of aliphatic hydroxyl groups excluding tert-OH is 1. The van der Waals surface area contributed by atoms with Crippen molar-refractivity contribution in [1.82, 2.24) is 0 Å². The highest BCUT2D eigenvalue weighted by atomic mass is 16.6. The molecule has 0 aliphatic rings. The topological polar surface area (TPSA) is 55.5 Å². The maximum Gasteiger partial charge on any atom is 0.169 e. The smallest absolute Gasteiger partial charge is 0.169 e. The summed E-state index contributed by atoms with van der Waals surface area (Å²) in [6.45, 7) is 0. The van der Waals surface area contributed by atoms with Crippen LogP contribution < -0.4 is 5.73 Å². The number of ether oxygens (including phenoxy) is 1. The molecule has 13 heavy (non-hydrogen) atoms. The van der Waals surface area contributed by atoms with Gasteiger partial charge in [-0.1, -0.05) is 30.3 Å². The number of hydrogen-bond acceptors (Lipinski definition) is 3. The Kier molecular flexibility index (Phi) is 2.50. The molecular weight excluding hydrogens is 166 g/mol. The van der Waals surface area contributed by atoms with E-state index in [1.807, 2.05) is 30.3 Å². The van der Waals surface area contributed by atoms with E-state index >= 15 is 0 Å². The largest absolute Gasteiger partial charge is 0.367 e. The number of hydrogen-bond donors (Lipinski definition) is 2. The average Bonchev–Trinajstić information content (AvgIpc) is 2.16. The zero-order valence-electron chi connectivity index (χ0n) is 10.2. The third kappa shape index (κ3) is 3.14. The van der Waals surface area contributed by atoms with Crippen LogP contribution in [0.15, 0.2) is 30.3 Å². The van der Waals surface area contributed by atoms with Crippen LogP contribution in [-0.2, 0) is 11.2 Å². The maximum atomic E-state index is 9.41. The number of rotatable bonds is 4. The summed E-state index contributed by atoms with van der Waals surface area (Å²) >= 11 is 0. The molecule has 1 rings (SSSR count). The Morgan fingerprint density at radius 2 is 2.23 bits per heavy atom. The minimum absolute atomic E-state index is 0.359. The van der Waals surface area contributed by atoms with E-state index in [-0.39, 0.29) is 0 Å². The minimum Gasteiger partial charge on any atom is -0.367 e. The molecule has 0 amide bonds. The Hall–Kier alpha value is -0.900. The lowest BCUT2D eigenvalue weighted by Crippen LogP contribution is -2.37. The van der Waals surface area contributed by atoms with Crippen LogP contribution >= 0.6 is 0 Å². The van der Waals surface area contributed by atoms with Gasteiger partial charge in [0.25, 0.3) is 0 Å². The molecule has 0 fully saturated rings. The lowest BCUT2D eigenvalue weighted by Gasteiger charge is -2.16. The van der Waals surface area contributed by atoms with Gasteiger partial charge in [0.2, 0.25) is 0 Å². The molecule has 0 bridgehead atoms. The van der Waals surface area contributed by atoms with Crippen LogP contribution in [0, 0.1) is 0 Å². The Bertz CT molecular complexity index is 316. The van der Waals surface area contributed by atoms with Crippen molar-refractivity contribution in [3.63, 3.8) is 0 Å². The van der Waals surface area contributed by atoms with Gasteiger partial charge in [-0.25, -0.2) is 0 Å². The van der Waals surface area contributed by atoms with E-state index in [9.17, 15) is 5.11 Å². The molecular formula is C10H15NO2. The molecule has 0 heterocycles. The zero-order chi connectivity index (χ0) is 12.2. The molecule has 0 spiro atoms. The van der Waals surface area contributed by atoms with Crippen LogP contribution in [0.4, 0.5) is 0 Å². The van der Waals surface area contributed by atoms with Gasteiger partial charge in [0.1, 0.15) is 0 Å². The summed E-state index contributed by atoms with van der Waals surface area (Å²) in [6.07, 6.45) is -1.13. The van der Waals surface area contributed by atoms with Gasteiger partial charge in [0, 0.05) is 7.04 Å². The van der Waals surface area contributed by atoms with Crippen LogP contribution in [0.2, 0.25) is 0 Å². The molecule has 0 aliphatic carbocycles. The Morgan fingerprint density at radius 1 is 1.54 bits per heavy atom. The van der Waals surface area contributed by atoms with Gasteiger partial charge >= 0.3 is 0 Å². The van der Waals surface area contributed by atoms with Crippen LogP contribution in [0.5, 0.6) is 0 Å². The molecule has 3 N–H and O–H groups in total. The first kappa shape index (κ1) is 6.54.